The van der Waals surface area contributed by atoms with Crippen LogP contribution in [0.1, 0.15) is 12.8 Å². The van der Waals surface area contributed by atoms with Crippen LogP contribution in [0.3, 0.4) is 0 Å². The predicted molar refractivity (Wildman–Crippen MR) is 88.7 cm³/mol. The molecule has 2 rings (SSSR count). The fraction of sp³-hybridized carbons (Fsp3) is 0.400. The van der Waals surface area contributed by atoms with E-state index in [0.29, 0.717) is 12.8 Å². The molecule has 1 aliphatic heterocycles. The monoisotopic (exact) mass is 383 g/mol. The van der Waals surface area contributed by atoms with Crippen LogP contribution in [0, 0.1) is 6.42 Å². The van der Waals surface area contributed by atoms with Gasteiger partial charge in [-0.2, -0.15) is 4.31 Å². The standard InChI is InChI=1S/C15H19N4O6S/c16-15(23)11(20)8-13(22)18-10-4-3-7-19(9-12(10)21)26(24,25)14-5-1-2-6-17-14/h1-2,5-6,8,10-11,20H,3-4,7,9H2,(H2,16,23)(H,18,22)/t10?,11-/m0/s1. The number of carbonyl (C=O) groups excluding carboxylic acids is 3. The summed E-state index contributed by atoms with van der Waals surface area (Å²) in [6.45, 7) is -0.313. The lowest BCUT2D eigenvalue weighted by Crippen LogP contribution is -2.46. The van der Waals surface area contributed by atoms with Gasteiger partial charge in [0.1, 0.15) is 6.10 Å². The van der Waals surface area contributed by atoms with Crippen molar-refractivity contribution < 1.29 is 27.9 Å². The maximum Gasteiger partial charge on any atom is 0.260 e. The number of amides is 2. The van der Waals surface area contributed by atoms with Gasteiger partial charge in [-0.1, -0.05) is 6.07 Å². The Labute approximate surface area is 150 Å². The number of ketones is 1. The minimum Gasteiger partial charge on any atom is -0.382 e. The third-order valence-electron chi connectivity index (χ3n) is 3.78. The Morgan fingerprint density at radius 3 is 2.77 bits per heavy atom. The van der Waals surface area contributed by atoms with Crippen molar-refractivity contribution in [3.05, 3.63) is 30.8 Å². The van der Waals surface area contributed by atoms with Crippen LogP contribution in [0.25, 0.3) is 0 Å². The molecule has 11 heteroatoms. The fourth-order valence-corrected chi connectivity index (χ4v) is 3.81. The molecular formula is C15H19N4O6S. The highest BCUT2D eigenvalue weighted by Gasteiger charge is 2.33. The fourth-order valence-electron chi connectivity index (χ4n) is 2.43. The van der Waals surface area contributed by atoms with Gasteiger partial charge in [0.15, 0.2) is 10.8 Å². The zero-order valence-electron chi connectivity index (χ0n) is 13.7. The maximum absolute atomic E-state index is 12.6. The van der Waals surface area contributed by atoms with Crippen molar-refractivity contribution in [2.75, 3.05) is 13.1 Å². The molecule has 2 heterocycles. The van der Waals surface area contributed by atoms with Crippen molar-refractivity contribution in [3.8, 4) is 0 Å². The summed E-state index contributed by atoms with van der Waals surface area (Å²) < 4.78 is 26.2. The summed E-state index contributed by atoms with van der Waals surface area (Å²) in [5.41, 5.74) is 4.84. The van der Waals surface area contributed by atoms with E-state index in [1.165, 1.54) is 18.3 Å². The summed E-state index contributed by atoms with van der Waals surface area (Å²) in [5.74, 6) is -2.44. The number of nitrogens with one attached hydrogen (secondary N) is 1. The summed E-state index contributed by atoms with van der Waals surface area (Å²) in [6.07, 6.45) is 0.788. The van der Waals surface area contributed by atoms with E-state index in [-0.39, 0.29) is 18.0 Å². The van der Waals surface area contributed by atoms with Gasteiger partial charge in [0.2, 0.25) is 11.8 Å². The molecule has 1 aromatic heterocycles. The average Bonchev–Trinajstić information content (AvgIpc) is 2.78. The van der Waals surface area contributed by atoms with Gasteiger partial charge in [-0.05, 0) is 25.0 Å². The number of aromatic nitrogens is 1. The van der Waals surface area contributed by atoms with Crippen molar-refractivity contribution in [1.29, 1.82) is 0 Å². The van der Waals surface area contributed by atoms with Crippen LogP contribution < -0.4 is 11.1 Å². The first-order chi connectivity index (χ1) is 12.2. The Balaban J connectivity index is 2.04. The molecule has 26 heavy (non-hydrogen) atoms. The third kappa shape index (κ3) is 4.84. The summed E-state index contributed by atoms with van der Waals surface area (Å²) in [6, 6.07) is 3.52. The number of hydrogen-bond acceptors (Lipinski definition) is 7. The Kier molecular flexibility index (Phi) is 6.40. The second kappa shape index (κ2) is 8.34. The SMILES string of the molecule is NC(=O)[C@@H](O)[CH]C(=O)NC1CCCN(S(=O)(=O)c2ccccn2)CC1=O. The Bertz CT molecular complexity index is 783. The topological polar surface area (TPSA) is 160 Å². The van der Waals surface area contributed by atoms with Gasteiger partial charge in [0.05, 0.1) is 19.0 Å². The zero-order chi connectivity index (χ0) is 19.3. The number of hydrogen-bond donors (Lipinski definition) is 3. The highest BCUT2D eigenvalue weighted by Crippen LogP contribution is 2.17. The maximum atomic E-state index is 12.6. The van der Waals surface area contributed by atoms with Crippen LogP contribution in [0.4, 0.5) is 0 Å². The molecule has 1 fully saturated rings. The van der Waals surface area contributed by atoms with Crippen LogP contribution in [-0.2, 0) is 24.4 Å². The first-order valence-corrected chi connectivity index (χ1v) is 9.22. The average molecular weight is 383 g/mol. The number of pyridine rings is 1. The van der Waals surface area contributed by atoms with E-state index >= 15 is 0 Å². The van der Waals surface area contributed by atoms with Crippen molar-refractivity contribution in [2.24, 2.45) is 5.73 Å². The zero-order valence-corrected chi connectivity index (χ0v) is 14.6. The van der Waals surface area contributed by atoms with Gasteiger partial charge >= 0.3 is 0 Å². The van der Waals surface area contributed by atoms with Crippen molar-refractivity contribution >= 4 is 27.6 Å². The molecule has 0 spiro atoms. The lowest BCUT2D eigenvalue weighted by atomic mass is 10.1. The van der Waals surface area contributed by atoms with Crippen molar-refractivity contribution in [3.63, 3.8) is 0 Å². The van der Waals surface area contributed by atoms with E-state index in [4.69, 9.17) is 5.73 Å². The highest BCUT2D eigenvalue weighted by molar-refractivity contribution is 7.89. The number of sulfonamides is 1. The molecule has 4 N–H and O–H groups in total. The number of carbonyl (C=O) groups is 3. The quantitative estimate of drug-likeness (QED) is 0.510. The second-order valence-electron chi connectivity index (χ2n) is 5.69. The normalized spacial score (nSPS) is 20.2. The van der Waals surface area contributed by atoms with Crippen LogP contribution in [-0.4, -0.2) is 65.6 Å². The first kappa shape index (κ1) is 19.9. The van der Waals surface area contributed by atoms with Crippen molar-refractivity contribution in [2.45, 2.75) is 30.0 Å². The molecule has 0 aromatic carbocycles. The van der Waals surface area contributed by atoms with Crippen LogP contribution in [0.15, 0.2) is 29.4 Å². The summed E-state index contributed by atoms with van der Waals surface area (Å²) in [5, 5.41) is 11.5. The molecule has 0 aliphatic carbocycles. The van der Waals surface area contributed by atoms with Crippen LogP contribution in [0.5, 0.6) is 0 Å². The van der Waals surface area contributed by atoms with Crippen molar-refractivity contribution in [1.82, 2.24) is 14.6 Å². The minimum absolute atomic E-state index is 0.102. The lowest BCUT2D eigenvalue weighted by Gasteiger charge is -2.19. The van der Waals surface area contributed by atoms with Gasteiger partial charge in [0, 0.05) is 12.7 Å². The van der Waals surface area contributed by atoms with E-state index in [1.807, 2.05) is 0 Å². The number of aliphatic hydroxyl groups is 1. The lowest BCUT2D eigenvalue weighted by molar-refractivity contribution is -0.129. The molecule has 1 aromatic rings. The Morgan fingerprint density at radius 1 is 1.42 bits per heavy atom. The Hall–Kier alpha value is -2.37. The third-order valence-corrected chi connectivity index (χ3v) is 5.54. The number of primary amides is 1. The summed E-state index contributed by atoms with van der Waals surface area (Å²) >= 11 is 0. The van der Waals surface area contributed by atoms with Gasteiger partial charge < -0.3 is 16.2 Å². The van der Waals surface area contributed by atoms with E-state index in [9.17, 15) is 27.9 Å². The van der Waals surface area contributed by atoms with E-state index in [1.54, 1.807) is 6.07 Å². The number of Topliss-reactive ketones (excluding diaryl/α,β-unsaturated/α-hetero) is 1. The molecule has 0 bridgehead atoms. The first-order valence-electron chi connectivity index (χ1n) is 7.78. The van der Waals surface area contributed by atoms with E-state index in [2.05, 4.69) is 10.3 Å². The van der Waals surface area contributed by atoms with Crippen LogP contribution >= 0.6 is 0 Å². The summed E-state index contributed by atoms with van der Waals surface area (Å²) in [4.78, 5) is 38.7. The molecule has 1 aliphatic rings. The largest absolute Gasteiger partial charge is 0.382 e. The van der Waals surface area contributed by atoms with E-state index < -0.39 is 46.3 Å². The molecule has 2 atom stereocenters. The van der Waals surface area contributed by atoms with Crippen LogP contribution in [0.2, 0.25) is 0 Å². The molecule has 1 radical (unpaired) electrons. The smallest absolute Gasteiger partial charge is 0.260 e. The molecule has 10 nitrogen and oxygen atoms in total. The minimum atomic E-state index is -3.92. The van der Waals surface area contributed by atoms with Gasteiger partial charge in [-0.15, -0.1) is 0 Å². The number of nitrogens with two attached hydrogens (primary N) is 1. The molecule has 141 valence electrons. The van der Waals surface area contributed by atoms with Gasteiger partial charge in [-0.3, -0.25) is 14.4 Å². The molecule has 1 unspecified atom stereocenters. The number of nitrogens with zero attached hydrogens (tertiary/aromatic N) is 2. The molecular weight excluding hydrogens is 364 g/mol. The number of rotatable bonds is 6. The van der Waals surface area contributed by atoms with Gasteiger partial charge in [0.25, 0.3) is 10.0 Å². The van der Waals surface area contributed by atoms with E-state index in [0.717, 1.165) is 4.31 Å². The second-order valence-corrected chi connectivity index (χ2v) is 7.57. The van der Waals surface area contributed by atoms with Gasteiger partial charge in [-0.25, -0.2) is 13.4 Å². The predicted octanol–water partition coefficient (Wildman–Crippen LogP) is -2.03. The molecule has 2 amide bonds. The molecule has 0 saturated carbocycles. The highest BCUT2D eigenvalue weighted by atomic mass is 32.2. The molecule has 1 saturated heterocycles. The summed E-state index contributed by atoms with van der Waals surface area (Å²) in [7, 11) is -3.92. The Morgan fingerprint density at radius 2 is 2.15 bits per heavy atom. The number of aliphatic hydroxyl groups excluding tert-OH is 1.